The van der Waals surface area contributed by atoms with Crippen LogP contribution < -0.4 is 4.70 Å². The molecule has 0 spiro atoms. The smallest absolute Gasteiger partial charge is 0.124 e. The second-order valence-corrected chi connectivity index (χ2v) is 3.65. The van der Waals surface area contributed by atoms with E-state index < -0.39 is 10.1 Å². The Kier molecular flexibility index (Phi) is 3.36. The molecule has 0 radical (unpaired) electrons. The van der Waals surface area contributed by atoms with Gasteiger partial charge in [0, 0.05) is 0 Å². The summed E-state index contributed by atoms with van der Waals surface area (Å²) in [6, 6.07) is 5.78. The lowest BCUT2D eigenvalue weighted by molar-refractivity contribution is -0.00000666. The van der Waals surface area contributed by atoms with Crippen LogP contribution >= 0.6 is 0 Å². The Balaban J connectivity index is 0.00000121. The van der Waals surface area contributed by atoms with Crippen molar-refractivity contribution in [3.05, 3.63) is 29.8 Å². The van der Waals surface area contributed by atoms with E-state index >= 15 is 0 Å². The van der Waals surface area contributed by atoms with Crippen LogP contribution in [0, 0.1) is 6.92 Å². The standard InChI is InChI=1S/C7H8O3S.FH/c1-6-2-4-7(5-3-6)11(8,9)10;/h2-5H,1H3,(H,8,9,10);1H/p-2. The van der Waals surface area contributed by atoms with Crippen molar-refractivity contribution in [1.29, 1.82) is 0 Å². The molecule has 0 aliphatic rings. The normalized spacial score (nSPS) is 10.5. The maximum Gasteiger partial charge on any atom is 0.124 e. The third-order valence-corrected chi connectivity index (χ3v) is 2.16. The highest BCUT2D eigenvalue weighted by atomic mass is 32.2. The van der Waals surface area contributed by atoms with Crippen molar-refractivity contribution >= 4 is 10.1 Å². The number of halogens is 1. The van der Waals surface area contributed by atoms with E-state index in [-0.39, 0.29) is 9.60 Å². The molecule has 0 bridgehead atoms. The van der Waals surface area contributed by atoms with Gasteiger partial charge in [0.1, 0.15) is 10.1 Å². The molecule has 1 rings (SSSR count). The Labute approximate surface area is 70.2 Å². The van der Waals surface area contributed by atoms with E-state index in [0.29, 0.717) is 0 Å². The summed E-state index contributed by atoms with van der Waals surface area (Å²) < 4.78 is 31.2. The van der Waals surface area contributed by atoms with Crippen LogP contribution in [0.4, 0.5) is 0 Å². The molecule has 5 heteroatoms. The minimum atomic E-state index is -4.27. The summed E-state index contributed by atoms with van der Waals surface area (Å²) in [5, 5.41) is 0. The van der Waals surface area contributed by atoms with E-state index in [2.05, 4.69) is 0 Å². The maximum atomic E-state index is 10.4. The number of rotatable bonds is 1. The summed E-state index contributed by atoms with van der Waals surface area (Å²) >= 11 is 0. The maximum absolute atomic E-state index is 10.4. The lowest BCUT2D eigenvalue weighted by atomic mass is 10.2. The predicted molar refractivity (Wildman–Crippen MR) is 39.1 cm³/mol. The van der Waals surface area contributed by atoms with E-state index in [1.54, 1.807) is 12.1 Å². The SMILES string of the molecule is Cc1ccc(S(=O)(=O)[O-])cc1.[F-]. The van der Waals surface area contributed by atoms with Crippen molar-refractivity contribution in [3.63, 3.8) is 0 Å². The molecule has 0 unspecified atom stereocenters. The molecule has 0 saturated carbocycles. The molecule has 0 aliphatic heterocycles. The predicted octanol–water partition coefficient (Wildman–Crippen LogP) is -2.10. The second kappa shape index (κ2) is 3.64. The van der Waals surface area contributed by atoms with Gasteiger partial charge in [0.25, 0.3) is 0 Å². The molecule has 1 aromatic carbocycles. The van der Waals surface area contributed by atoms with Gasteiger partial charge in [-0.2, -0.15) is 0 Å². The van der Waals surface area contributed by atoms with Crippen molar-refractivity contribution in [3.8, 4) is 0 Å². The average molecular weight is 190 g/mol. The van der Waals surface area contributed by atoms with Crippen molar-refractivity contribution in [2.75, 3.05) is 0 Å². The van der Waals surface area contributed by atoms with E-state index in [1.807, 2.05) is 6.92 Å². The Morgan fingerprint density at radius 1 is 1.17 bits per heavy atom. The van der Waals surface area contributed by atoms with Crippen LogP contribution in [0.15, 0.2) is 29.2 Å². The van der Waals surface area contributed by atoms with Gasteiger partial charge < -0.3 is 9.26 Å². The van der Waals surface area contributed by atoms with Crippen LogP contribution in [0.2, 0.25) is 0 Å². The van der Waals surface area contributed by atoms with E-state index in [9.17, 15) is 13.0 Å². The van der Waals surface area contributed by atoms with Gasteiger partial charge >= 0.3 is 0 Å². The van der Waals surface area contributed by atoms with Gasteiger partial charge in [0.2, 0.25) is 0 Å². The molecule has 0 N–H and O–H groups in total. The number of hydrogen-bond donors (Lipinski definition) is 0. The Morgan fingerprint density at radius 2 is 1.58 bits per heavy atom. The van der Waals surface area contributed by atoms with E-state index in [4.69, 9.17) is 0 Å². The summed E-state index contributed by atoms with van der Waals surface area (Å²) in [6.45, 7) is 1.82. The van der Waals surface area contributed by atoms with Gasteiger partial charge in [-0.25, -0.2) is 8.42 Å². The highest BCUT2D eigenvalue weighted by molar-refractivity contribution is 7.85. The molecule has 1 aromatic rings. The molecule has 0 aromatic heterocycles. The monoisotopic (exact) mass is 190 g/mol. The third kappa shape index (κ3) is 2.60. The van der Waals surface area contributed by atoms with Crippen LogP contribution in [0.25, 0.3) is 0 Å². The Hall–Kier alpha value is -0.940. The zero-order valence-corrected chi connectivity index (χ0v) is 7.14. The van der Waals surface area contributed by atoms with Gasteiger partial charge in [-0.1, -0.05) is 17.7 Å². The van der Waals surface area contributed by atoms with Crippen LogP contribution in [0.3, 0.4) is 0 Å². The zero-order valence-electron chi connectivity index (χ0n) is 6.32. The second-order valence-electron chi connectivity index (χ2n) is 2.27. The summed E-state index contributed by atoms with van der Waals surface area (Å²) in [5.41, 5.74) is 0.928. The van der Waals surface area contributed by atoms with Crippen LogP contribution in [0.1, 0.15) is 5.56 Å². The molecule has 0 heterocycles. The van der Waals surface area contributed by atoms with Gasteiger partial charge in [-0.3, -0.25) is 0 Å². The number of benzene rings is 1. The van der Waals surface area contributed by atoms with Crippen molar-refractivity contribution in [2.24, 2.45) is 0 Å². The van der Waals surface area contributed by atoms with Crippen LogP contribution in [-0.4, -0.2) is 13.0 Å². The molecule has 0 atom stereocenters. The molecule has 0 fully saturated rings. The third-order valence-electron chi connectivity index (χ3n) is 1.31. The average Bonchev–Trinajstić information content (AvgIpc) is 1.86. The molecule has 0 aliphatic carbocycles. The quantitative estimate of drug-likeness (QED) is 0.477. The molecule has 3 nitrogen and oxygen atoms in total. The molecule has 68 valence electrons. The van der Waals surface area contributed by atoms with Gasteiger partial charge in [-0.15, -0.1) is 0 Å². The van der Waals surface area contributed by atoms with Gasteiger partial charge in [-0.05, 0) is 19.1 Å². The van der Waals surface area contributed by atoms with Crippen LogP contribution in [-0.2, 0) is 10.1 Å². The summed E-state index contributed by atoms with van der Waals surface area (Å²) in [6.07, 6.45) is 0. The van der Waals surface area contributed by atoms with Crippen molar-refractivity contribution in [1.82, 2.24) is 0 Å². The first kappa shape index (κ1) is 11.1. The lowest BCUT2D eigenvalue weighted by Gasteiger charge is -2.05. The largest absolute Gasteiger partial charge is 1.00 e. The topological polar surface area (TPSA) is 57.2 Å². The molecule has 12 heavy (non-hydrogen) atoms. The minimum Gasteiger partial charge on any atom is -1.00 e. The van der Waals surface area contributed by atoms with Crippen molar-refractivity contribution in [2.45, 2.75) is 11.8 Å². The summed E-state index contributed by atoms with van der Waals surface area (Å²) in [4.78, 5) is -0.178. The molecule has 0 amide bonds. The minimum absolute atomic E-state index is 0. The molecule has 0 saturated heterocycles. The first-order valence-corrected chi connectivity index (χ1v) is 4.43. The molecular formula is C7H7FO3S-2. The van der Waals surface area contributed by atoms with Crippen molar-refractivity contribution < 1.29 is 17.7 Å². The lowest BCUT2D eigenvalue weighted by Crippen LogP contribution is -3.00. The highest BCUT2D eigenvalue weighted by Gasteiger charge is 1.97. The van der Waals surface area contributed by atoms with Gasteiger partial charge in [0.15, 0.2) is 0 Å². The fraction of sp³-hybridized carbons (Fsp3) is 0.143. The Morgan fingerprint density at radius 3 is 1.92 bits per heavy atom. The van der Waals surface area contributed by atoms with E-state index in [1.165, 1.54) is 12.1 Å². The fourth-order valence-electron chi connectivity index (χ4n) is 0.705. The van der Waals surface area contributed by atoms with E-state index in [0.717, 1.165) is 5.56 Å². The first-order valence-electron chi connectivity index (χ1n) is 3.03. The molecular weight excluding hydrogens is 183 g/mol. The highest BCUT2D eigenvalue weighted by Crippen LogP contribution is 2.08. The zero-order chi connectivity index (χ0) is 8.48. The first-order chi connectivity index (χ1) is 5.00. The summed E-state index contributed by atoms with van der Waals surface area (Å²) in [7, 11) is -4.27. The van der Waals surface area contributed by atoms with Crippen LogP contribution in [0.5, 0.6) is 0 Å². The number of hydrogen-bond acceptors (Lipinski definition) is 3. The Bertz CT molecular complexity index is 341. The van der Waals surface area contributed by atoms with Gasteiger partial charge in [0.05, 0.1) is 4.90 Å². The fourth-order valence-corrected chi connectivity index (χ4v) is 1.17. The number of aryl methyl sites for hydroxylation is 1. The summed E-state index contributed by atoms with van der Waals surface area (Å²) in [5.74, 6) is 0.